The van der Waals surface area contributed by atoms with Gasteiger partial charge in [0.1, 0.15) is 0 Å². The first-order chi connectivity index (χ1) is 11.2. The molecule has 2 saturated heterocycles. The van der Waals surface area contributed by atoms with Gasteiger partial charge < -0.3 is 14.6 Å². The molecule has 0 amide bonds. The molecule has 4 nitrogen and oxygen atoms in total. The van der Waals surface area contributed by atoms with Crippen molar-refractivity contribution >= 4 is 5.97 Å². The van der Waals surface area contributed by atoms with Crippen LogP contribution >= 0.6 is 0 Å². The summed E-state index contributed by atoms with van der Waals surface area (Å²) in [5, 5.41) is 11.0. The minimum atomic E-state index is -0.717. The molecular weight excluding hydrogens is 304 g/mol. The standard InChI is InChI=1S/C20H32O4/c1-13-12-14(21)15-17(2,3)6-5-7-18(15,4)20(13)9-8-19(24-20)10-11-23-16(19)22/h13-15,21H,5-12H2,1-4H3. The van der Waals surface area contributed by atoms with Crippen LogP contribution in [-0.4, -0.2) is 35.0 Å². The molecule has 2 aliphatic carbocycles. The summed E-state index contributed by atoms with van der Waals surface area (Å²) in [6.45, 7) is 9.63. The van der Waals surface area contributed by atoms with Crippen LogP contribution in [0.2, 0.25) is 0 Å². The highest BCUT2D eigenvalue weighted by Crippen LogP contribution is 2.68. The Morgan fingerprint density at radius 2 is 1.83 bits per heavy atom. The molecule has 0 aromatic rings. The van der Waals surface area contributed by atoms with Crippen LogP contribution in [0, 0.1) is 22.7 Å². The van der Waals surface area contributed by atoms with Gasteiger partial charge in [0.15, 0.2) is 5.60 Å². The molecular formula is C20H32O4. The third-order valence-electron chi connectivity index (χ3n) is 8.18. The van der Waals surface area contributed by atoms with E-state index >= 15 is 0 Å². The Bertz CT molecular complexity index is 558. The SMILES string of the molecule is CC1CC(O)C2C(C)(C)CCCC2(C)C12CCC1(CCOC1=O)O2. The van der Waals surface area contributed by atoms with Crippen molar-refractivity contribution in [3.05, 3.63) is 0 Å². The van der Waals surface area contributed by atoms with E-state index in [0.717, 1.165) is 32.1 Å². The summed E-state index contributed by atoms with van der Waals surface area (Å²) in [7, 11) is 0. The Hall–Kier alpha value is -0.610. The molecule has 0 aromatic heterocycles. The minimum absolute atomic E-state index is 0.0851. The van der Waals surface area contributed by atoms with Gasteiger partial charge in [0.2, 0.25) is 0 Å². The van der Waals surface area contributed by atoms with E-state index in [9.17, 15) is 9.90 Å². The zero-order valence-electron chi connectivity index (χ0n) is 15.6. The molecule has 2 spiro atoms. The zero-order valence-corrected chi connectivity index (χ0v) is 15.6. The number of ether oxygens (including phenoxy) is 2. The van der Waals surface area contributed by atoms with Gasteiger partial charge in [-0.2, -0.15) is 0 Å². The van der Waals surface area contributed by atoms with Crippen LogP contribution in [0.5, 0.6) is 0 Å². The summed E-state index contributed by atoms with van der Waals surface area (Å²) < 4.78 is 12.1. The number of cyclic esters (lactones) is 1. The molecule has 2 heterocycles. The number of carbonyl (C=O) groups excluding carboxylic acids is 1. The van der Waals surface area contributed by atoms with Crippen LogP contribution in [0.4, 0.5) is 0 Å². The number of rotatable bonds is 0. The van der Waals surface area contributed by atoms with Gasteiger partial charge in [-0.25, -0.2) is 4.79 Å². The van der Waals surface area contributed by atoms with E-state index in [1.165, 1.54) is 6.42 Å². The second-order valence-corrected chi connectivity index (χ2v) is 9.81. The minimum Gasteiger partial charge on any atom is -0.463 e. The zero-order chi connectivity index (χ0) is 17.4. The quantitative estimate of drug-likeness (QED) is 0.688. The predicted molar refractivity (Wildman–Crippen MR) is 90.4 cm³/mol. The van der Waals surface area contributed by atoms with Gasteiger partial charge in [-0.1, -0.05) is 34.1 Å². The van der Waals surface area contributed by atoms with Crippen LogP contribution in [0.15, 0.2) is 0 Å². The van der Waals surface area contributed by atoms with Gasteiger partial charge >= 0.3 is 5.97 Å². The second kappa shape index (κ2) is 4.97. The van der Waals surface area contributed by atoms with Crippen LogP contribution in [-0.2, 0) is 14.3 Å². The third kappa shape index (κ3) is 1.90. The molecule has 4 heteroatoms. The van der Waals surface area contributed by atoms with Gasteiger partial charge in [-0.3, -0.25) is 0 Å². The van der Waals surface area contributed by atoms with Crippen molar-refractivity contribution in [2.45, 2.75) is 89.9 Å². The van der Waals surface area contributed by atoms with Gasteiger partial charge in [-0.05, 0) is 49.4 Å². The largest absolute Gasteiger partial charge is 0.463 e. The Morgan fingerprint density at radius 3 is 2.50 bits per heavy atom. The van der Waals surface area contributed by atoms with E-state index in [0.29, 0.717) is 13.0 Å². The van der Waals surface area contributed by atoms with Crippen LogP contribution in [0.25, 0.3) is 0 Å². The van der Waals surface area contributed by atoms with Crippen molar-refractivity contribution < 1.29 is 19.4 Å². The highest BCUT2D eigenvalue weighted by Gasteiger charge is 2.70. The first kappa shape index (κ1) is 16.8. The maximum absolute atomic E-state index is 12.4. The number of hydrogen-bond acceptors (Lipinski definition) is 4. The fourth-order valence-corrected chi connectivity index (χ4v) is 7.21. The number of aliphatic hydroxyl groups is 1. The lowest BCUT2D eigenvalue weighted by Gasteiger charge is -2.65. The Kier molecular flexibility index (Phi) is 3.49. The molecule has 0 radical (unpaired) electrons. The monoisotopic (exact) mass is 336 g/mol. The molecule has 0 bridgehead atoms. The lowest BCUT2D eigenvalue weighted by Crippen LogP contribution is -2.66. The van der Waals surface area contributed by atoms with Crippen LogP contribution < -0.4 is 0 Å². The number of esters is 1. The molecule has 6 atom stereocenters. The second-order valence-electron chi connectivity index (χ2n) is 9.81. The van der Waals surface area contributed by atoms with Crippen molar-refractivity contribution in [3.8, 4) is 0 Å². The van der Waals surface area contributed by atoms with Crippen molar-refractivity contribution in [1.82, 2.24) is 0 Å². The van der Waals surface area contributed by atoms with Gasteiger partial charge in [-0.15, -0.1) is 0 Å². The van der Waals surface area contributed by atoms with E-state index in [4.69, 9.17) is 9.47 Å². The summed E-state index contributed by atoms with van der Waals surface area (Å²) in [6, 6.07) is 0. The van der Waals surface area contributed by atoms with Crippen LogP contribution in [0.1, 0.15) is 72.6 Å². The number of carbonyl (C=O) groups is 1. The molecule has 136 valence electrons. The topological polar surface area (TPSA) is 55.8 Å². The van der Waals surface area contributed by atoms with Crippen molar-refractivity contribution in [3.63, 3.8) is 0 Å². The molecule has 2 saturated carbocycles. The number of hydrogen-bond donors (Lipinski definition) is 1. The van der Waals surface area contributed by atoms with Crippen molar-refractivity contribution in [1.29, 1.82) is 0 Å². The normalized spacial score (nSPS) is 53.4. The lowest BCUT2D eigenvalue weighted by molar-refractivity contribution is -0.266. The highest BCUT2D eigenvalue weighted by atomic mass is 16.6. The number of fused-ring (bicyclic) bond motifs is 2. The Labute approximate surface area is 145 Å². The van der Waals surface area contributed by atoms with Gasteiger partial charge in [0.05, 0.1) is 18.3 Å². The predicted octanol–water partition coefficient (Wildman–Crippen LogP) is 3.45. The van der Waals surface area contributed by atoms with Crippen molar-refractivity contribution in [2.24, 2.45) is 22.7 Å². The first-order valence-corrected chi connectivity index (χ1v) is 9.72. The molecule has 2 aliphatic heterocycles. The van der Waals surface area contributed by atoms with Gasteiger partial charge in [0.25, 0.3) is 0 Å². The molecule has 0 aromatic carbocycles. The van der Waals surface area contributed by atoms with E-state index in [1.807, 2.05) is 0 Å². The maximum atomic E-state index is 12.4. The van der Waals surface area contributed by atoms with E-state index in [-0.39, 0.29) is 40.3 Å². The molecule has 4 fully saturated rings. The lowest BCUT2D eigenvalue weighted by atomic mass is 9.43. The molecule has 4 rings (SSSR count). The van der Waals surface area contributed by atoms with E-state index < -0.39 is 5.60 Å². The molecule has 24 heavy (non-hydrogen) atoms. The number of aliphatic hydroxyl groups excluding tert-OH is 1. The van der Waals surface area contributed by atoms with Gasteiger partial charge in [0, 0.05) is 11.8 Å². The smallest absolute Gasteiger partial charge is 0.338 e. The summed E-state index contributed by atoms with van der Waals surface area (Å²) in [5.41, 5.74) is -1.00. The van der Waals surface area contributed by atoms with Crippen LogP contribution in [0.3, 0.4) is 0 Å². The third-order valence-corrected chi connectivity index (χ3v) is 8.18. The van der Waals surface area contributed by atoms with E-state index in [1.54, 1.807) is 0 Å². The van der Waals surface area contributed by atoms with Crippen molar-refractivity contribution in [2.75, 3.05) is 6.61 Å². The fraction of sp³-hybridized carbons (Fsp3) is 0.950. The first-order valence-electron chi connectivity index (χ1n) is 9.72. The Morgan fingerprint density at radius 1 is 1.08 bits per heavy atom. The average molecular weight is 336 g/mol. The summed E-state index contributed by atoms with van der Waals surface area (Å²) in [5.74, 6) is 0.325. The molecule has 6 unspecified atom stereocenters. The summed E-state index contributed by atoms with van der Waals surface area (Å²) >= 11 is 0. The highest BCUT2D eigenvalue weighted by molar-refractivity contribution is 5.82. The molecule has 1 N–H and O–H groups in total. The fourth-order valence-electron chi connectivity index (χ4n) is 7.21. The summed E-state index contributed by atoms with van der Waals surface area (Å²) in [4.78, 5) is 12.4. The van der Waals surface area contributed by atoms with E-state index in [2.05, 4.69) is 27.7 Å². The maximum Gasteiger partial charge on any atom is 0.338 e. The average Bonchev–Trinajstić information content (AvgIpc) is 3.03. The Balaban J connectivity index is 1.78. The summed E-state index contributed by atoms with van der Waals surface area (Å²) in [6.07, 6.45) is 6.27. The molecule has 4 aliphatic rings.